The Hall–Kier alpha value is -2.42. The summed E-state index contributed by atoms with van der Waals surface area (Å²) in [7, 11) is 2.08. The van der Waals surface area contributed by atoms with Gasteiger partial charge in [-0.3, -0.25) is 0 Å². The first-order chi connectivity index (χ1) is 15.3. The van der Waals surface area contributed by atoms with Gasteiger partial charge in [-0.05, 0) is 38.7 Å². The molecule has 1 aliphatic carbocycles. The molecule has 0 N–H and O–H groups in total. The first-order valence-electron chi connectivity index (χ1n) is 12.3. The molecule has 0 radical (unpaired) electrons. The zero-order valence-electron chi connectivity index (χ0n) is 21.7. The van der Waals surface area contributed by atoms with Crippen LogP contribution in [0.5, 0.6) is 0 Å². The van der Waals surface area contributed by atoms with Crippen molar-refractivity contribution in [1.29, 1.82) is 0 Å². The SMILES string of the molecule is C=C(C1=C(C)N(C)C(=C)N1Cc1ccccc1)N(CC)CCC.C=CC.CC1CCCC1. The van der Waals surface area contributed by atoms with E-state index in [1.807, 2.05) is 6.92 Å². The van der Waals surface area contributed by atoms with Crippen LogP contribution in [-0.4, -0.2) is 34.8 Å². The Labute approximate surface area is 198 Å². The lowest BCUT2D eigenvalue weighted by molar-refractivity contribution is 0.324. The molecule has 0 aromatic heterocycles. The summed E-state index contributed by atoms with van der Waals surface area (Å²) in [4.78, 5) is 6.79. The Morgan fingerprint density at radius 1 is 1.16 bits per heavy atom. The Kier molecular flexibility index (Phi) is 12.6. The minimum absolute atomic E-state index is 0.819. The summed E-state index contributed by atoms with van der Waals surface area (Å²) in [5.41, 5.74) is 4.77. The molecule has 1 aromatic carbocycles. The average Bonchev–Trinajstić information content (AvgIpc) is 3.35. The molecule has 1 heterocycles. The fraction of sp³-hybridized carbons (Fsp3) is 0.517. The largest absolute Gasteiger partial charge is 0.371 e. The highest BCUT2D eigenvalue weighted by Crippen LogP contribution is 2.36. The summed E-state index contributed by atoms with van der Waals surface area (Å²) in [5.74, 6) is 2.06. The van der Waals surface area contributed by atoms with Crippen LogP contribution in [-0.2, 0) is 6.54 Å². The summed E-state index contributed by atoms with van der Waals surface area (Å²) in [6.07, 6.45) is 8.82. The third kappa shape index (κ3) is 7.93. The highest BCUT2D eigenvalue weighted by molar-refractivity contribution is 5.39. The lowest BCUT2D eigenvalue weighted by Gasteiger charge is -2.31. The van der Waals surface area contributed by atoms with E-state index < -0.39 is 0 Å². The minimum atomic E-state index is 0.819. The molecular formula is C29H47N3. The molecule has 3 rings (SSSR count). The van der Waals surface area contributed by atoms with Crippen LogP contribution in [0.15, 0.2) is 79.1 Å². The number of nitrogens with zero attached hydrogens (tertiary/aromatic N) is 3. The summed E-state index contributed by atoms with van der Waals surface area (Å²) in [6.45, 7) is 25.6. The van der Waals surface area contributed by atoms with Crippen molar-refractivity contribution < 1.29 is 0 Å². The molecule has 0 atom stereocenters. The van der Waals surface area contributed by atoms with Crippen LogP contribution in [0.3, 0.4) is 0 Å². The molecule has 0 saturated heterocycles. The molecule has 1 fully saturated rings. The first kappa shape index (κ1) is 27.6. The van der Waals surface area contributed by atoms with Gasteiger partial charge < -0.3 is 14.7 Å². The number of likely N-dealkylation sites (N-methyl/N-ethyl adjacent to an activating group) is 1. The van der Waals surface area contributed by atoms with Gasteiger partial charge in [0, 0.05) is 32.4 Å². The summed E-state index contributed by atoms with van der Waals surface area (Å²) in [5, 5.41) is 0. The van der Waals surface area contributed by atoms with Crippen molar-refractivity contribution in [2.24, 2.45) is 5.92 Å². The van der Waals surface area contributed by atoms with E-state index in [4.69, 9.17) is 0 Å². The Bertz CT molecular complexity index is 741. The molecule has 1 aliphatic heterocycles. The third-order valence-electron chi connectivity index (χ3n) is 6.17. The Morgan fingerprint density at radius 2 is 1.72 bits per heavy atom. The van der Waals surface area contributed by atoms with Gasteiger partial charge in [0.25, 0.3) is 0 Å². The second kappa shape index (κ2) is 14.6. The first-order valence-corrected chi connectivity index (χ1v) is 12.3. The van der Waals surface area contributed by atoms with E-state index in [-0.39, 0.29) is 0 Å². The molecule has 0 spiro atoms. The van der Waals surface area contributed by atoms with Crippen molar-refractivity contribution in [3.05, 3.63) is 84.6 Å². The van der Waals surface area contributed by atoms with E-state index >= 15 is 0 Å². The molecule has 0 amide bonds. The van der Waals surface area contributed by atoms with Crippen molar-refractivity contribution in [1.82, 2.24) is 14.7 Å². The summed E-state index contributed by atoms with van der Waals surface area (Å²) < 4.78 is 0. The maximum Gasteiger partial charge on any atom is 0.105 e. The second-order valence-corrected chi connectivity index (χ2v) is 8.81. The maximum absolute atomic E-state index is 4.40. The number of allylic oxidation sites excluding steroid dienone is 2. The number of benzene rings is 1. The Balaban J connectivity index is 0.000000475. The topological polar surface area (TPSA) is 9.72 Å². The van der Waals surface area contributed by atoms with Crippen molar-refractivity contribution in [3.8, 4) is 0 Å². The predicted molar refractivity (Wildman–Crippen MR) is 142 cm³/mol. The molecule has 2 aliphatic rings. The van der Waals surface area contributed by atoms with Gasteiger partial charge in [-0.1, -0.05) is 89.1 Å². The van der Waals surface area contributed by atoms with E-state index in [1.165, 1.54) is 42.6 Å². The van der Waals surface area contributed by atoms with Crippen LogP contribution in [0.2, 0.25) is 0 Å². The fourth-order valence-electron chi connectivity index (χ4n) is 4.19. The van der Waals surface area contributed by atoms with Crippen molar-refractivity contribution in [2.75, 3.05) is 20.1 Å². The van der Waals surface area contributed by atoms with E-state index in [0.29, 0.717) is 0 Å². The van der Waals surface area contributed by atoms with Gasteiger partial charge in [-0.15, -0.1) is 6.58 Å². The number of hydrogen-bond donors (Lipinski definition) is 0. The molecule has 1 aromatic rings. The van der Waals surface area contributed by atoms with Gasteiger partial charge in [-0.25, -0.2) is 0 Å². The van der Waals surface area contributed by atoms with Crippen molar-refractivity contribution in [2.45, 2.75) is 73.3 Å². The van der Waals surface area contributed by atoms with Crippen molar-refractivity contribution >= 4 is 0 Å². The number of rotatable bonds is 7. The fourth-order valence-corrected chi connectivity index (χ4v) is 4.19. The van der Waals surface area contributed by atoms with Crippen LogP contribution in [0, 0.1) is 5.92 Å². The Morgan fingerprint density at radius 3 is 2.16 bits per heavy atom. The van der Waals surface area contributed by atoms with Crippen LogP contribution >= 0.6 is 0 Å². The monoisotopic (exact) mass is 437 g/mol. The number of hydrogen-bond acceptors (Lipinski definition) is 3. The van der Waals surface area contributed by atoms with Crippen LogP contribution in [0.25, 0.3) is 0 Å². The molecule has 0 bridgehead atoms. The molecule has 1 saturated carbocycles. The lowest BCUT2D eigenvalue weighted by atomic mass is 10.1. The zero-order valence-corrected chi connectivity index (χ0v) is 21.7. The van der Waals surface area contributed by atoms with Gasteiger partial charge in [0.15, 0.2) is 0 Å². The molecule has 3 heteroatoms. The molecule has 3 nitrogen and oxygen atoms in total. The van der Waals surface area contributed by atoms with Gasteiger partial charge in [0.1, 0.15) is 5.82 Å². The average molecular weight is 438 g/mol. The zero-order chi connectivity index (χ0) is 24.1. The van der Waals surface area contributed by atoms with E-state index in [1.54, 1.807) is 6.08 Å². The minimum Gasteiger partial charge on any atom is -0.371 e. The highest BCUT2D eigenvalue weighted by atomic mass is 15.4. The summed E-state index contributed by atoms with van der Waals surface area (Å²) in [6, 6.07) is 10.5. The van der Waals surface area contributed by atoms with E-state index in [0.717, 1.165) is 43.5 Å². The van der Waals surface area contributed by atoms with E-state index in [2.05, 4.69) is 99.5 Å². The van der Waals surface area contributed by atoms with Gasteiger partial charge in [0.2, 0.25) is 0 Å². The lowest BCUT2D eigenvalue weighted by Crippen LogP contribution is -2.29. The molecule has 32 heavy (non-hydrogen) atoms. The predicted octanol–water partition coefficient (Wildman–Crippen LogP) is 7.77. The highest BCUT2D eigenvalue weighted by Gasteiger charge is 2.31. The standard InChI is InChI=1S/C20H29N3.C6H12.C3H6/c1-7-14-22(8-2)17(4)20-16(3)21(6)18(5)23(20)15-19-12-10-9-11-13-19;1-6-4-2-3-5-6;1-3-2/h9-13H,4-5,7-8,14-15H2,1-3,6H3;6H,2-5H2,1H3;3H,1H2,2H3. The summed E-state index contributed by atoms with van der Waals surface area (Å²) >= 11 is 0. The maximum atomic E-state index is 4.40. The van der Waals surface area contributed by atoms with Crippen LogP contribution in [0.1, 0.15) is 72.3 Å². The van der Waals surface area contributed by atoms with Crippen molar-refractivity contribution in [3.63, 3.8) is 0 Å². The smallest absolute Gasteiger partial charge is 0.105 e. The van der Waals surface area contributed by atoms with Gasteiger partial charge in [0.05, 0.1) is 11.4 Å². The quantitative estimate of drug-likeness (QED) is 0.403. The van der Waals surface area contributed by atoms with Gasteiger partial charge in [-0.2, -0.15) is 0 Å². The van der Waals surface area contributed by atoms with E-state index in [9.17, 15) is 0 Å². The second-order valence-electron chi connectivity index (χ2n) is 8.81. The van der Waals surface area contributed by atoms with Gasteiger partial charge >= 0.3 is 0 Å². The molecular weight excluding hydrogens is 390 g/mol. The molecule has 178 valence electrons. The third-order valence-corrected chi connectivity index (χ3v) is 6.17. The van der Waals surface area contributed by atoms with Crippen LogP contribution < -0.4 is 0 Å². The normalized spacial score (nSPS) is 15.8. The molecule has 0 unspecified atom stereocenters. The van der Waals surface area contributed by atoms with Crippen LogP contribution in [0.4, 0.5) is 0 Å².